The summed E-state index contributed by atoms with van der Waals surface area (Å²) in [5.41, 5.74) is 1.51. The highest BCUT2D eigenvalue weighted by Gasteiger charge is 2.17. The van der Waals surface area contributed by atoms with Gasteiger partial charge in [0.2, 0.25) is 10.0 Å². The van der Waals surface area contributed by atoms with Gasteiger partial charge in [0.25, 0.3) is 0 Å². The van der Waals surface area contributed by atoms with Crippen molar-refractivity contribution in [2.24, 2.45) is 5.14 Å². The Hall–Kier alpha value is -3.12. The van der Waals surface area contributed by atoms with Crippen LogP contribution < -0.4 is 9.88 Å². The fraction of sp³-hybridized carbons (Fsp3) is 0.0526. The Balaban J connectivity index is 2.06. The number of primary sulfonamides is 1. The van der Waals surface area contributed by atoms with Gasteiger partial charge < -0.3 is 4.74 Å². The highest BCUT2D eigenvalue weighted by atomic mass is 35.5. The molecule has 4 aromatic rings. The molecule has 0 spiro atoms. The number of aromatic nitrogens is 2. The van der Waals surface area contributed by atoms with Crippen LogP contribution >= 0.6 is 11.6 Å². The second-order valence-corrected chi connectivity index (χ2v) is 7.99. The van der Waals surface area contributed by atoms with Gasteiger partial charge in [0.15, 0.2) is 5.69 Å². The molecule has 140 valence electrons. The first kappa shape index (κ1) is 18.3. The first-order chi connectivity index (χ1) is 13.3. The van der Waals surface area contributed by atoms with Crippen molar-refractivity contribution < 1.29 is 13.2 Å². The van der Waals surface area contributed by atoms with Crippen LogP contribution in [0.3, 0.4) is 0 Å². The molecule has 0 aliphatic carbocycles. The summed E-state index contributed by atoms with van der Waals surface area (Å²) < 4.78 is 29.9. The van der Waals surface area contributed by atoms with E-state index in [2.05, 4.69) is 11.2 Å². The molecule has 3 aromatic carbocycles. The number of hydrogen-bond acceptors (Lipinski definition) is 5. The van der Waals surface area contributed by atoms with Gasteiger partial charge in [-0.2, -0.15) is 10.4 Å². The quantitative estimate of drug-likeness (QED) is 0.554. The summed E-state index contributed by atoms with van der Waals surface area (Å²) in [6.07, 6.45) is 0. The Labute approximate surface area is 165 Å². The summed E-state index contributed by atoms with van der Waals surface area (Å²) in [6, 6.07) is 15.2. The number of halogens is 1. The van der Waals surface area contributed by atoms with Crippen LogP contribution in [0.25, 0.3) is 27.4 Å². The smallest absolute Gasteiger partial charge is 0.238 e. The number of methoxy groups -OCH3 is 1. The van der Waals surface area contributed by atoms with Crippen molar-refractivity contribution in [1.29, 1.82) is 5.26 Å². The standard InChI is InChI=1S/C19H13ClN4O3S/c1-27-17-9-8-14-13(18(17)20)6-7-15-16(10-21)23-24(19(14)15)11-2-4-12(5-3-11)28(22,25)26/h2-9H,1H3,(H2,22,25,26). The van der Waals surface area contributed by atoms with Crippen molar-refractivity contribution in [2.75, 3.05) is 7.11 Å². The lowest BCUT2D eigenvalue weighted by Crippen LogP contribution is -2.12. The van der Waals surface area contributed by atoms with Crippen LogP contribution in [0.1, 0.15) is 5.69 Å². The van der Waals surface area contributed by atoms with E-state index in [0.717, 1.165) is 10.8 Å². The van der Waals surface area contributed by atoms with E-state index in [-0.39, 0.29) is 10.6 Å². The van der Waals surface area contributed by atoms with E-state index >= 15 is 0 Å². The molecule has 1 aromatic heterocycles. The monoisotopic (exact) mass is 412 g/mol. The first-order valence-corrected chi connectivity index (χ1v) is 9.99. The molecule has 2 N–H and O–H groups in total. The molecule has 0 atom stereocenters. The van der Waals surface area contributed by atoms with E-state index in [1.54, 1.807) is 28.9 Å². The summed E-state index contributed by atoms with van der Waals surface area (Å²) in [5, 5.41) is 21.7. The number of fused-ring (bicyclic) bond motifs is 3. The van der Waals surface area contributed by atoms with E-state index in [0.29, 0.717) is 27.4 Å². The number of sulfonamides is 1. The Morgan fingerprint density at radius 2 is 1.71 bits per heavy atom. The van der Waals surface area contributed by atoms with Crippen LogP contribution in [-0.4, -0.2) is 25.3 Å². The number of nitrogens with two attached hydrogens (primary N) is 1. The topological polar surface area (TPSA) is 111 Å². The zero-order chi connectivity index (χ0) is 20.1. The SMILES string of the molecule is COc1ccc2c(ccc3c(C#N)nn(-c4ccc(S(N)(=O)=O)cc4)c32)c1Cl. The maximum Gasteiger partial charge on any atom is 0.238 e. The van der Waals surface area contributed by atoms with E-state index in [1.807, 2.05) is 12.1 Å². The number of rotatable bonds is 3. The lowest BCUT2D eigenvalue weighted by Gasteiger charge is -2.10. The second kappa shape index (κ2) is 6.49. The van der Waals surface area contributed by atoms with Crippen LogP contribution in [0.5, 0.6) is 5.75 Å². The predicted molar refractivity (Wildman–Crippen MR) is 106 cm³/mol. The van der Waals surface area contributed by atoms with Gasteiger partial charge in [-0.05, 0) is 42.5 Å². The van der Waals surface area contributed by atoms with Gasteiger partial charge in [-0.1, -0.05) is 17.7 Å². The van der Waals surface area contributed by atoms with Crippen molar-refractivity contribution in [3.05, 3.63) is 59.2 Å². The Bertz CT molecular complexity index is 1390. The second-order valence-electron chi connectivity index (χ2n) is 6.05. The van der Waals surface area contributed by atoms with Crippen molar-refractivity contribution >= 4 is 43.3 Å². The zero-order valence-electron chi connectivity index (χ0n) is 14.5. The van der Waals surface area contributed by atoms with Gasteiger partial charge in [0, 0.05) is 16.2 Å². The maximum absolute atomic E-state index is 11.5. The molecule has 4 rings (SSSR count). The maximum atomic E-state index is 11.5. The van der Waals surface area contributed by atoms with Crippen molar-refractivity contribution in [1.82, 2.24) is 9.78 Å². The average Bonchev–Trinajstić information content (AvgIpc) is 3.07. The summed E-state index contributed by atoms with van der Waals surface area (Å²) in [4.78, 5) is -0.00847. The van der Waals surface area contributed by atoms with E-state index in [4.69, 9.17) is 21.5 Å². The molecule has 0 bridgehead atoms. The number of nitrogens with zero attached hydrogens (tertiary/aromatic N) is 3. The van der Waals surface area contributed by atoms with Crippen LogP contribution in [-0.2, 0) is 10.0 Å². The molecule has 0 radical (unpaired) electrons. The minimum atomic E-state index is -3.81. The molecule has 0 saturated carbocycles. The molecule has 0 fully saturated rings. The zero-order valence-corrected chi connectivity index (χ0v) is 16.1. The molecule has 7 nitrogen and oxygen atoms in total. The predicted octanol–water partition coefficient (Wildman–Crippen LogP) is 3.36. The Morgan fingerprint density at radius 1 is 1.07 bits per heavy atom. The minimum absolute atomic E-state index is 0.00847. The van der Waals surface area contributed by atoms with Gasteiger partial charge in [-0.25, -0.2) is 18.2 Å². The molecular weight excluding hydrogens is 400 g/mol. The van der Waals surface area contributed by atoms with Crippen LogP contribution in [0.15, 0.2) is 53.4 Å². The highest BCUT2D eigenvalue weighted by molar-refractivity contribution is 7.89. The minimum Gasteiger partial charge on any atom is -0.495 e. The van der Waals surface area contributed by atoms with Crippen molar-refractivity contribution in [2.45, 2.75) is 4.90 Å². The third-order valence-corrected chi connectivity index (χ3v) is 5.79. The van der Waals surface area contributed by atoms with Crippen LogP contribution in [0.2, 0.25) is 5.02 Å². The molecule has 0 aliphatic heterocycles. The fourth-order valence-electron chi connectivity index (χ4n) is 3.16. The fourth-order valence-corrected chi connectivity index (χ4v) is 3.98. The number of nitriles is 1. The lowest BCUT2D eigenvalue weighted by atomic mass is 10.1. The van der Waals surface area contributed by atoms with E-state index < -0.39 is 10.0 Å². The molecule has 9 heteroatoms. The Morgan fingerprint density at radius 3 is 2.32 bits per heavy atom. The number of hydrogen-bond donors (Lipinski definition) is 1. The van der Waals surface area contributed by atoms with Gasteiger partial charge in [0.05, 0.1) is 28.2 Å². The van der Waals surface area contributed by atoms with E-state index in [1.165, 1.54) is 19.2 Å². The summed E-state index contributed by atoms with van der Waals surface area (Å²) in [5.74, 6) is 0.539. The van der Waals surface area contributed by atoms with Crippen LogP contribution in [0.4, 0.5) is 0 Å². The highest BCUT2D eigenvalue weighted by Crippen LogP contribution is 2.37. The molecule has 0 amide bonds. The number of ether oxygens (including phenoxy) is 1. The van der Waals surface area contributed by atoms with Crippen LogP contribution in [0, 0.1) is 11.3 Å². The lowest BCUT2D eigenvalue weighted by molar-refractivity contribution is 0.415. The van der Waals surface area contributed by atoms with Gasteiger partial charge >= 0.3 is 0 Å². The molecular formula is C19H13ClN4O3S. The van der Waals surface area contributed by atoms with Crippen molar-refractivity contribution in [3.63, 3.8) is 0 Å². The largest absolute Gasteiger partial charge is 0.495 e. The van der Waals surface area contributed by atoms with Crippen molar-refractivity contribution in [3.8, 4) is 17.5 Å². The average molecular weight is 413 g/mol. The molecule has 28 heavy (non-hydrogen) atoms. The van der Waals surface area contributed by atoms with Gasteiger partial charge in [0.1, 0.15) is 11.8 Å². The third kappa shape index (κ3) is 2.77. The molecule has 1 heterocycles. The van der Waals surface area contributed by atoms with Gasteiger partial charge in [-0.15, -0.1) is 0 Å². The summed E-state index contributed by atoms with van der Waals surface area (Å²) in [7, 11) is -2.27. The Kier molecular flexibility index (Phi) is 4.23. The van der Waals surface area contributed by atoms with Gasteiger partial charge in [-0.3, -0.25) is 0 Å². The normalized spacial score (nSPS) is 11.6. The molecule has 0 aliphatic rings. The third-order valence-electron chi connectivity index (χ3n) is 4.47. The summed E-state index contributed by atoms with van der Waals surface area (Å²) >= 11 is 6.45. The van der Waals surface area contributed by atoms with E-state index in [9.17, 15) is 13.7 Å². The number of benzene rings is 3. The molecule has 0 unspecified atom stereocenters. The summed E-state index contributed by atoms with van der Waals surface area (Å²) in [6.45, 7) is 0. The first-order valence-electron chi connectivity index (χ1n) is 8.06. The molecule has 0 saturated heterocycles.